The van der Waals surface area contributed by atoms with Crippen LogP contribution in [0.15, 0.2) is 18.2 Å². The number of rotatable bonds is 1. The third-order valence-corrected chi connectivity index (χ3v) is 3.85. The molecule has 0 aliphatic carbocycles. The minimum atomic E-state index is -0.400. The molecule has 1 aliphatic rings. The molecule has 4 heteroatoms. The number of halogens is 2. The average Bonchev–Trinajstić information content (AvgIpc) is 2.31. The van der Waals surface area contributed by atoms with Crippen molar-refractivity contribution in [2.75, 3.05) is 11.4 Å². The number of anilines is 1. The van der Waals surface area contributed by atoms with Crippen molar-refractivity contribution in [3.63, 3.8) is 0 Å². The van der Waals surface area contributed by atoms with Gasteiger partial charge in [0, 0.05) is 24.9 Å². The van der Waals surface area contributed by atoms with Crippen LogP contribution >= 0.6 is 11.6 Å². The maximum absolute atomic E-state index is 13.9. The number of piperidine rings is 1. The Bertz CT molecular complexity index is 449. The lowest BCUT2D eigenvalue weighted by molar-refractivity contribution is -0.123. The molecule has 0 aromatic heterocycles. The Morgan fingerprint density at radius 1 is 1.41 bits per heavy atom. The average molecular weight is 256 g/mol. The molecule has 2 nitrogen and oxygen atoms in total. The molecule has 2 atom stereocenters. The van der Waals surface area contributed by atoms with E-state index in [-0.39, 0.29) is 22.8 Å². The van der Waals surface area contributed by atoms with Gasteiger partial charge in [0.1, 0.15) is 5.78 Å². The molecule has 0 spiro atoms. The van der Waals surface area contributed by atoms with Crippen LogP contribution in [-0.2, 0) is 4.79 Å². The number of hydrogen-bond donors (Lipinski definition) is 0. The largest absolute Gasteiger partial charge is 0.365 e. The van der Waals surface area contributed by atoms with Crippen molar-refractivity contribution >= 4 is 23.1 Å². The molecule has 1 saturated heterocycles. The Morgan fingerprint density at radius 2 is 2.12 bits per heavy atom. The van der Waals surface area contributed by atoms with E-state index in [0.717, 1.165) is 0 Å². The maximum Gasteiger partial charge on any atom is 0.165 e. The van der Waals surface area contributed by atoms with Crippen molar-refractivity contribution in [1.29, 1.82) is 0 Å². The predicted molar refractivity (Wildman–Crippen MR) is 67.0 cm³/mol. The van der Waals surface area contributed by atoms with Crippen LogP contribution in [0.2, 0.25) is 5.02 Å². The second-order valence-electron chi connectivity index (χ2n) is 4.51. The van der Waals surface area contributed by atoms with E-state index < -0.39 is 5.82 Å². The third kappa shape index (κ3) is 2.16. The fourth-order valence-corrected chi connectivity index (χ4v) is 2.42. The highest BCUT2D eigenvalue weighted by molar-refractivity contribution is 6.31. The van der Waals surface area contributed by atoms with Crippen molar-refractivity contribution in [1.82, 2.24) is 0 Å². The summed E-state index contributed by atoms with van der Waals surface area (Å²) in [7, 11) is 0. The first kappa shape index (κ1) is 12.4. The van der Waals surface area contributed by atoms with Crippen LogP contribution in [0.3, 0.4) is 0 Å². The third-order valence-electron chi connectivity index (χ3n) is 3.56. The lowest BCUT2D eigenvalue weighted by Crippen LogP contribution is -2.47. The molecule has 0 saturated carbocycles. The molecule has 0 amide bonds. The summed E-state index contributed by atoms with van der Waals surface area (Å²) >= 11 is 5.78. The van der Waals surface area contributed by atoms with E-state index in [2.05, 4.69) is 0 Å². The normalized spacial score (nSPS) is 25.2. The van der Waals surface area contributed by atoms with Crippen molar-refractivity contribution in [3.8, 4) is 0 Å². The number of ketones is 1. The van der Waals surface area contributed by atoms with Gasteiger partial charge in [-0.15, -0.1) is 0 Å². The van der Waals surface area contributed by atoms with Crippen LogP contribution < -0.4 is 4.90 Å². The first-order valence-corrected chi connectivity index (χ1v) is 6.13. The van der Waals surface area contributed by atoms with Crippen LogP contribution in [-0.4, -0.2) is 18.4 Å². The van der Waals surface area contributed by atoms with Gasteiger partial charge in [0.25, 0.3) is 0 Å². The Kier molecular flexibility index (Phi) is 3.38. The van der Waals surface area contributed by atoms with Gasteiger partial charge in [-0.1, -0.05) is 24.6 Å². The van der Waals surface area contributed by atoms with Crippen molar-refractivity contribution in [3.05, 3.63) is 29.0 Å². The van der Waals surface area contributed by atoms with Crippen LogP contribution in [0.25, 0.3) is 0 Å². The standard InChI is InChI=1S/C13H15ClFNO/c1-8-9(2)16(7-6-12(8)17)11-5-3-4-10(14)13(11)15/h3-5,8-9H,6-7H2,1-2H3. The van der Waals surface area contributed by atoms with Gasteiger partial charge in [-0.25, -0.2) is 4.39 Å². The molecule has 2 rings (SSSR count). The van der Waals surface area contributed by atoms with Gasteiger partial charge in [-0.2, -0.15) is 0 Å². The summed E-state index contributed by atoms with van der Waals surface area (Å²) in [4.78, 5) is 13.5. The molecule has 17 heavy (non-hydrogen) atoms. The van der Waals surface area contributed by atoms with Gasteiger partial charge >= 0.3 is 0 Å². The number of hydrogen-bond acceptors (Lipinski definition) is 2. The molecule has 0 radical (unpaired) electrons. The van der Waals surface area contributed by atoms with Gasteiger partial charge < -0.3 is 4.90 Å². The van der Waals surface area contributed by atoms with Gasteiger partial charge in [-0.05, 0) is 19.1 Å². The molecular weight excluding hydrogens is 241 g/mol. The summed E-state index contributed by atoms with van der Waals surface area (Å²) in [5.74, 6) is -0.221. The Labute approximate surface area is 105 Å². The summed E-state index contributed by atoms with van der Waals surface area (Å²) in [6.45, 7) is 4.39. The first-order chi connectivity index (χ1) is 8.02. The number of carbonyl (C=O) groups is 1. The molecule has 1 heterocycles. The highest BCUT2D eigenvalue weighted by Crippen LogP contribution is 2.31. The summed E-state index contributed by atoms with van der Waals surface area (Å²) in [6, 6.07) is 4.97. The van der Waals surface area contributed by atoms with Gasteiger partial charge in [0.2, 0.25) is 0 Å². The SMILES string of the molecule is CC1C(=O)CCN(c2cccc(Cl)c2F)C1C. The van der Waals surface area contributed by atoms with Crippen molar-refractivity contribution in [2.45, 2.75) is 26.3 Å². The monoisotopic (exact) mass is 255 g/mol. The second-order valence-corrected chi connectivity index (χ2v) is 4.92. The fourth-order valence-electron chi connectivity index (χ4n) is 2.25. The number of Topliss-reactive ketones (excluding diaryl/α,β-unsaturated/α-hetero) is 1. The summed E-state index contributed by atoms with van der Waals surface area (Å²) < 4.78 is 13.9. The topological polar surface area (TPSA) is 20.3 Å². The molecule has 0 N–H and O–H groups in total. The fraction of sp³-hybridized carbons (Fsp3) is 0.462. The molecule has 1 aliphatic heterocycles. The van der Waals surface area contributed by atoms with Gasteiger partial charge in [-0.3, -0.25) is 4.79 Å². The Balaban J connectivity index is 2.34. The van der Waals surface area contributed by atoms with E-state index in [1.54, 1.807) is 12.1 Å². The van der Waals surface area contributed by atoms with E-state index in [0.29, 0.717) is 18.7 Å². The quantitative estimate of drug-likeness (QED) is 0.768. The minimum Gasteiger partial charge on any atom is -0.365 e. The smallest absolute Gasteiger partial charge is 0.165 e. The van der Waals surface area contributed by atoms with Crippen LogP contribution in [0.5, 0.6) is 0 Å². The highest BCUT2D eigenvalue weighted by atomic mass is 35.5. The minimum absolute atomic E-state index is 0.00390. The second kappa shape index (κ2) is 4.65. The number of carbonyl (C=O) groups excluding carboxylic acids is 1. The zero-order valence-electron chi connectivity index (χ0n) is 9.91. The zero-order chi connectivity index (χ0) is 12.6. The van der Waals surface area contributed by atoms with Crippen molar-refractivity contribution in [2.24, 2.45) is 5.92 Å². The molecule has 2 unspecified atom stereocenters. The van der Waals surface area contributed by atoms with E-state index in [9.17, 15) is 9.18 Å². The number of benzene rings is 1. The molecule has 92 valence electrons. The summed E-state index contributed by atoms with van der Waals surface area (Å²) in [5.41, 5.74) is 0.490. The number of nitrogens with zero attached hydrogens (tertiary/aromatic N) is 1. The Morgan fingerprint density at radius 3 is 2.82 bits per heavy atom. The molecule has 0 bridgehead atoms. The lowest BCUT2D eigenvalue weighted by Gasteiger charge is -2.38. The maximum atomic E-state index is 13.9. The van der Waals surface area contributed by atoms with E-state index in [4.69, 9.17) is 11.6 Å². The molecular formula is C13H15ClFNO. The zero-order valence-corrected chi connectivity index (χ0v) is 10.7. The molecule has 1 aromatic rings. The van der Waals surface area contributed by atoms with Crippen molar-refractivity contribution < 1.29 is 9.18 Å². The molecule has 1 fully saturated rings. The predicted octanol–water partition coefficient (Wildman–Crippen LogP) is 3.28. The van der Waals surface area contributed by atoms with Gasteiger partial charge in [0.05, 0.1) is 10.7 Å². The highest BCUT2D eigenvalue weighted by Gasteiger charge is 2.32. The summed E-state index contributed by atoms with van der Waals surface area (Å²) in [6.07, 6.45) is 0.470. The van der Waals surface area contributed by atoms with E-state index in [1.807, 2.05) is 18.7 Å². The summed E-state index contributed by atoms with van der Waals surface area (Å²) in [5, 5.41) is 0.124. The van der Waals surface area contributed by atoms with Crippen LogP contribution in [0.4, 0.5) is 10.1 Å². The van der Waals surface area contributed by atoms with Crippen LogP contribution in [0.1, 0.15) is 20.3 Å². The Hall–Kier alpha value is -1.09. The van der Waals surface area contributed by atoms with Gasteiger partial charge in [0.15, 0.2) is 5.82 Å². The first-order valence-electron chi connectivity index (χ1n) is 5.75. The van der Waals surface area contributed by atoms with E-state index >= 15 is 0 Å². The molecule has 1 aromatic carbocycles. The lowest BCUT2D eigenvalue weighted by atomic mass is 9.90. The van der Waals surface area contributed by atoms with E-state index in [1.165, 1.54) is 6.07 Å². The van der Waals surface area contributed by atoms with Crippen LogP contribution in [0, 0.1) is 11.7 Å².